The zero-order valence-electron chi connectivity index (χ0n) is 13.8. The van der Waals surface area contributed by atoms with E-state index >= 15 is 0 Å². The average Bonchev–Trinajstić information content (AvgIpc) is 3.11. The van der Waals surface area contributed by atoms with Gasteiger partial charge in [-0.05, 0) is 41.5 Å². The highest BCUT2D eigenvalue weighted by molar-refractivity contribution is 5.95. The summed E-state index contributed by atoms with van der Waals surface area (Å²) in [4.78, 5) is 24.2. The van der Waals surface area contributed by atoms with Gasteiger partial charge >= 0.3 is 5.97 Å². The molecule has 3 rings (SSSR count). The van der Waals surface area contributed by atoms with Gasteiger partial charge in [0.25, 0.3) is 5.91 Å². The molecule has 1 saturated carbocycles. The number of nitrogens with zero attached hydrogens (tertiary/aromatic N) is 4. The first-order valence-electron chi connectivity index (χ1n) is 8.52. The van der Waals surface area contributed by atoms with Crippen LogP contribution in [0.15, 0.2) is 30.6 Å². The van der Waals surface area contributed by atoms with Crippen LogP contribution in [0.5, 0.6) is 0 Å². The highest BCUT2D eigenvalue weighted by Crippen LogP contribution is 2.23. The van der Waals surface area contributed by atoms with E-state index < -0.39 is 11.9 Å². The predicted molar refractivity (Wildman–Crippen MR) is 89.2 cm³/mol. The minimum Gasteiger partial charge on any atom is -0.481 e. The molecule has 2 N–H and O–H groups in total. The molecule has 2 aromatic rings. The monoisotopic (exact) mass is 343 g/mol. The number of carbonyl (C=O) groups excluding carboxylic acids is 1. The van der Waals surface area contributed by atoms with E-state index in [9.17, 15) is 14.7 Å². The molecule has 2 unspecified atom stereocenters. The number of carboxylic acids is 1. The highest BCUT2D eigenvalue weighted by Gasteiger charge is 2.30. The summed E-state index contributed by atoms with van der Waals surface area (Å²) in [5.74, 6) is -1.65. The normalized spacial score (nSPS) is 21.1. The maximum Gasteiger partial charge on any atom is 0.308 e. The molecular weight excluding hydrogens is 322 g/mol. The maximum atomic E-state index is 12.6. The van der Waals surface area contributed by atoms with Crippen LogP contribution in [0, 0.1) is 5.92 Å². The quantitative estimate of drug-likeness (QED) is 0.876. The Morgan fingerprint density at radius 3 is 2.68 bits per heavy atom. The van der Waals surface area contributed by atoms with Crippen molar-refractivity contribution in [3.05, 3.63) is 36.2 Å². The van der Waals surface area contributed by atoms with Crippen molar-refractivity contribution in [2.45, 2.75) is 44.6 Å². The van der Waals surface area contributed by atoms with Crippen LogP contribution < -0.4 is 5.32 Å². The molecule has 0 radical (unpaired) electrons. The molecule has 2 atom stereocenters. The Labute approximate surface area is 145 Å². The summed E-state index contributed by atoms with van der Waals surface area (Å²) in [5, 5.41) is 23.4. The van der Waals surface area contributed by atoms with Crippen molar-refractivity contribution in [1.82, 2.24) is 25.5 Å². The Balaban J connectivity index is 1.75. The molecule has 1 aromatic heterocycles. The number of carboxylic acid groups (broad SMARTS) is 1. The van der Waals surface area contributed by atoms with Crippen molar-refractivity contribution in [3.63, 3.8) is 0 Å². The third-order valence-corrected chi connectivity index (χ3v) is 4.62. The van der Waals surface area contributed by atoms with Crippen molar-refractivity contribution >= 4 is 11.9 Å². The van der Waals surface area contributed by atoms with Gasteiger partial charge in [-0.25, -0.2) is 4.68 Å². The van der Waals surface area contributed by atoms with E-state index in [1.54, 1.807) is 24.3 Å². The first-order valence-corrected chi connectivity index (χ1v) is 8.52. The molecule has 1 fully saturated rings. The number of aromatic nitrogens is 4. The number of hydrogen-bond donors (Lipinski definition) is 2. The molecule has 0 saturated heterocycles. The number of aliphatic carboxylic acids is 1. The molecule has 8 heteroatoms. The molecule has 8 nitrogen and oxygen atoms in total. The van der Waals surface area contributed by atoms with Crippen LogP contribution >= 0.6 is 0 Å². The molecule has 0 bridgehead atoms. The number of nitrogens with one attached hydrogen (secondary N) is 1. The van der Waals surface area contributed by atoms with Gasteiger partial charge in [0.1, 0.15) is 6.33 Å². The van der Waals surface area contributed by atoms with E-state index in [-0.39, 0.29) is 11.9 Å². The van der Waals surface area contributed by atoms with Gasteiger partial charge < -0.3 is 10.4 Å². The number of hydrogen-bond acceptors (Lipinski definition) is 5. The summed E-state index contributed by atoms with van der Waals surface area (Å²) in [7, 11) is 0. The summed E-state index contributed by atoms with van der Waals surface area (Å²) in [5.41, 5.74) is 1.13. The molecule has 132 valence electrons. The van der Waals surface area contributed by atoms with Crippen LogP contribution in [-0.2, 0) is 4.79 Å². The SMILES string of the molecule is O=C(NC1CCCCCCC1C(=O)O)c1cccc(-n2cnnn2)c1. The van der Waals surface area contributed by atoms with Crippen molar-refractivity contribution in [2.75, 3.05) is 0 Å². The van der Waals surface area contributed by atoms with Crippen molar-refractivity contribution < 1.29 is 14.7 Å². The van der Waals surface area contributed by atoms with Gasteiger partial charge in [0, 0.05) is 11.6 Å². The molecule has 1 amide bonds. The van der Waals surface area contributed by atoms with E-state index in [1.165, 1.54) is 11.0 Å². The lowest BCUT2D eigenvalue weighted by Gasteiger charge is -2.27. The standard InChI is InChI=1S/C17H21N5O3/c23-16(12-6-5-7-13(10-12)22-11-18-20-21-22)19-15-9-4-2-1-3-8-14(15)17(24)25/h5-7,10-11,14-15H,1-4,8-9H2,(H,19,23)(H,24,25). The Kier molecular flexibility index (Phi) is 5.37. The summed E-state index contributed by atoms with van der Waals surface area (Å²) >= 11 is 0. The van der Waals surface area contributed by atoms with Gasteiger partial charge in [0.2, 0.25) is 0 Å². The topological polar surface area (TPSA) is 110 Å². The Morgan fingerprint density at radius 2 is 1.96 bits per heavy atom. The second-order valence-corrected chi connectivity index (χ2v) is 6.32. The summed E-state index contributed by atoms with van der Waals surface area (Å²) in [6.07, 6.45) is 6.69. The lowest BCUT2D eigenvalue weighted by atomic mass is 9.86. The van der Waals surface area contributed by atoms with Crippen molar-refractivity contribution in [3.8, 4) is 5.69 Å². The van der Waals surface area contributed by atoms with Gasteiger partial charge in [-0.15, -0.1) is 5.10 Å². The molecule has 1 heterocycles. The summed E-state index contributed by atoms with van der Waals surface area (Å²) in [6.45, 7) is 0. The van der Waals surface area contributed by atoms with E-state index in [0.29, 0.717) is 24.1 Å². The van der Waals surface area contributed by atoms with E-state index in [4.69, 9.17) is 0 Å². The fourth-order valence-corrected chi connectivity index (χ4v) is 3.27. The number of benzene rings is 1. The fraction of sp³-hybridized carbons (Fsp3) is 0.471. The van der Waals surface area contributed by atoms with E-state index in [2.05, 4.69) is 20.8 Å². The third-order valence-electron chi connectivity index (χ3n) is 4.62. The molecule has 0 spiro atoms. The zero-order chi connectivity index (χ0) is 17.6. The van der Waals surface area contributed by atoms with Gasteiger partial charge in [0.15, 0.2) is 0 Å². The highest BCUT2D eigenvalue weighted by atomic mass is 16.4. The van der Waals surface area contributed by atoms with Gasteiger partial charge in [0.05, 0.1) is 11.6 Å². The van der Waals surface area contributed by atoms with E-state index in [0.717, 1.165) is 25.7 Å². The number of tetrazole rings is 1. The van der Waals surface area contributed by atoms with Gasteiger partial charge in [-0.2, -0.15) is 0 Å². The van der Waals surface area contributed by atoms with Crippen LogP contribution in [-0.4, -0.2) is 43.2 Å². The van der Waals surface area contributed by atoms with Crippen molar-refractivity contribution in [2.24, 2.45) is 5.92 Å². The van der Waals surface area contributed by atoms with Crippen LogP contribution in [0.4, 0.5) is 0 Å². The van der Waals surface area contributed by atoms with Gasteiger partial charge in [-0.3, -0.25) is 9.59 Å². The maximum absolute atomic E-state index is 12.6. The zero-order valence-corrected chi connectivity index (χ0v) is 13.8. The number of rotatable bonds is 4. The number of carbonyl (C=O) groups is 2. The lowest BCUT2D eigenvalue weighted by molar-refractivity contribution is -0.143. The number of amides is 1. The van der Waals surface area contributed by atoms with Crippen molar-refractivity contribution in [1.29, 1.82) is 0 Å². The molecule has 1 aromatic carbocycles. The summed E-state index contributed by atoms with van der Waals surface area (Å²) in [6, 6.07) is 6.58. The second kappa shape index (κ2) is 7.87. The molecule has 1 aliphatic rings. The lowest BCUT2D eigenvalue weighted by Crippen LogP contribution is -2.43. The molecular formula is C17H21N5O3. The second-order valence-electron chi connectivity index (χ2n) is 6.32. The smallest absolute Gasteiger partial charge is 0.308 e. The molecule has 0 aliphatic heterocycles. The summed E-state index contributed by atoms with van der Waals surface area (Å²) < 4.78 is 1.46. The third kappa shape index (κ3) is 4.20. The Morgan fingerprint density at radius 1 is 1.16 bits per heavy atom. The first kappa shape index (κ1) is 17.1. The predicted octanol–water partition coefficient (Wildman–Crippen LogP) is 1.82. The van der Waals surface area contributed by atoms with E-state index in [1.807, 2.05) is 0 Å². The Bertz CT molecular complexity index is 732. The van der Waals surface area contributed by atoms with Crippen LogP contribution in [0.25, 0.3) is 5.69 Å². The van der Waals surface area contributed by atoms with Crippen LogP contribution in [0.1, 0.15) is 48.9 Å². The fourth-order valence-electron chi connectivity index (χ4n) is 3.27. The molecule has 25 heavy (non-hydrogen) atoms. The molecule has 1 aliphatic carbocycles. The van der Waals surface area contributed by atoms with Crippen LogP contribution in [0.3, 0.4) is 0 Å². The van der Waals surface area contributed by atoms with Gasteiger partial charge in [-0.1, -0.05) is 31.7 Å². The first-order chi connectivity index (χ1) is 12.1. The van der Waals surface area contributed by atoms with Crippen LogP contribution in [0.2, 0.25) is 0 Å². The minimum atomic E-state index is -0.838. The Hall–Kier alpha value is -2.77. The minimum absolute atomic E-state index is 0.272. The average molecular weight is 343 g/mol. The largest absolute Gasteiger partial charge is 0.481 e.